The van der Waals surface area contributed by atoms with E-state index in [1.165, 1.54) is 16.7 Å². The van der Waals surface area contributed by atoms with Gasteiger partial charge in [0.1, 0.15) is 0 Å². The summed E-state index contributed by atoms with van der Waals surface area (Å²) >= 11 is 3.49. The maximum atomic E-state index is 3.83. The van der Waals surface area contributed by atoms with E-state index >= 15 is 0 Å². The normalized spacial score (nSPS) is 14.7. The van der Waals surface area contributed by atoms with E-state index in [-0.39, 0.29) is 0 Å². The third-order valence-electron chi connectivity index (χ3n) is 2.38. The molecule has 0 heterocycles. The average Bonchev–Trinajstić information content (AvgIpc) is 2.17. The largest absolute Gasteiger partial charge is 0.0985 e. The van der Waals surface area contributed by atoms with Gasteiger partial charge in [-0.3, -0.25) is 0 Å². The first-order valence-electron chi connectivity index (χ1n) is 4.42. The lowest BCUT2D eigenvalue weighted by Gasteiger charge is -2.15. The third kappa shape index (κ3) is 1.61. The van der Waals surface area contributed by atoms with Crippen LogP contribution in [-0.2, 0) is 6.42 Å². The monoisotopic (exact) mass is 234 g/mol. The van der Waals surface area contributed by atoms with Crippen molar-refractivity contribution in [1.82, 2.24) is 0 Å². The van der Waals surface area contributed by atoms with Crippen molar-refractivity contribution >= 4 is 21.5 Å². The molecule has 0 atom stereocenters. The van der Waals surface area contributed by atoms with Crippen LogP contribution < -0.4 is 0 Å². The number of halogens is 1. The summed E-state index contributed by atoms with van der Waals surface area (Å²) in [5.74, 6) is 0. The molecule has 13 heavy (non-hydrogen) atoms. The smallest absolute Gasteiger partial charge is 0.0181 e. The van der Waals surface area contributed by atoms with Crippen LogP contribution in [0.5, 0.6) is 0 Å². The standard InChI is InChI=1S/C12H11Br/c1-2-9-4-3-5-10-6-7-11(13)8-12(9)10/h2,4,6-8H,1,3,5H2. The Hall–Kier alpha value is -0.820. The highest BCUT2D eigenvalue weighted by atomic mass is 79.9. The quantitative estimate of drug-likeness (QED) is 0.691. The Morgan fingerprint density at radius 1 is 1.38 bits per heavy atom. The van der Waals surface area contributed by atoms with E-state index in [1.54, 1.807) is 0 Å². The van der Waals surface area contributed by atoms with Crippen LogP contribution in [0.1, 0.15) is 17.5 Å². The summed E-state index contributed by atoms with van der Waals surface area (Å²) in [6, 6.07) is 6.46. The van der Waals surface area contributed by atoms with Crippen LogP contribution in [-0.4, -0.2) is 0 Å². The molecule has 0 saturated carbocycles. The van der Waals surface area contributed by atoms with E-state index in [4.69, 9.17) is 0 Å². The Morgan fingerprint density at radius 3 is 3.00 bits per heavy atom. The van der Waals surface area contributed by atoms with Crippen molar-refractivity contribution in [3.8, 4) is 0 Å². The number of hydrogen-bond donors (Lipinski definition) is 0. The molecule has 1 aromatic carbocycles. The van der Waals surface area contributed by atoms with Crippen molar-refractivity contribution < 1.29 is 0 Å². The van der Waals surface area contributed by atoms with Crippen molar-refractivity contribution in [2.45, 2.75) is 12.8 Å². The summed E-state index contributed by atoms with van der Waals surface area (Å²) in [6.45, 7) is 3.83. The van der Waals surface area contributed by atoms with Crippen LogP contribution in [0.15, 0.2) is 41.4 Å². The maximum Gasteiger partial charge on any atom is 0.0181 e. The summed E-state index contributed by atoms with van der Waals surface area (Å²) in [7, 11) is 0. The van der Waals surface area contributed by atoms with Crippen molar-refractivity contribution in [2.24, 2.45) is 0 Å². The van der Waals surface area contributed by atoms with Crippen LogP contribution >= 0.6 is 15.9 Å². The van der Waals surface area contributed by atoms with Gasteiger partial charge in [-0.25, -0.2) is 0 Å². The Kier molecular flexibility index (Phi) is 2.36. The summed E-state index contributed by atoms with van der Waals surface area (Å²) in [6.07, 6.45) is 6.47. The van der Waals surface area contributed by atoms with E-state index in [9.17, 15) is 0 Å². The highest BCUT2D eigenvalue weighted by molar-refractivity contribution is 9.10. The molecule has 0 bridgehead atoms. The molecule has 0 N–H and O–H groups in total. The Morgan fingerprint density at radius 2 is 2.23 bits per heavy atom. The van der Waals surface area contributed by atoms with E-state index < -0.39 is 0 Å². The number of allylic oxidation sites excluding steroid dienone is 3. The van der Waals surface area contributed by atoms with Crippen LogP contribution in [0, 0.1) is 0 Å². The molecule has 0 unspecified atom stereocenters. The fourth-order valence-corrected chi connectivity index (χ4v) is 2.08. The zero-order chi connectivity index (χ0) is 9.26. The molecule has 0 fully saturated rings. The van der Waals surface area contributed by atoms with Gasteiger partial charge in [-0.15, -0.1) is 0 Å². The van der Waals surface area contributed by atoms with Crippen molar-refractivity contribution in [3.63, 3.8) is 0 Å². The number of fused-ring (bicyclic) bond motifs is 1. The Balaban J connectivity index is 2.57. The van der Waals surface area contributed by atoms with Crippen molar-refractivity contribution in [1.29, 1.82) is 0 Å². The lowest BCUT2D eigenvalue weighted by Crippen LogP contribution is -1.97. The third-order valence-corrected chi connectivity index (χ3v) is 2.87. The second-order valence-corrected chi connectivity index (χ2v) is 4.12. The molecule has 0 spiro atoms. The Bertz CT molecular complexity index is 375. The van der Waals surface area contributed by atoms with Crippen LogP contribution in [0.25, 0.3) is 5.57 Å². The Labute approximate surface area is 87.1 Å². The van der Waals surface area contributed by atoms with E-state index in [0.717, 1.165) is 17.3 Å². The lowest BCUT2D eigenvalue weighted by atomic mass is 9.91. The van der Waals surface area contributed by atoms with Crippen LogP contribution in [0.3, 0.4) is 0 Å². The molecule has 0 radical (unpaired) electrons. The molecule has 0 nitrogen and oxygen atoms in total. The summed E-state index contributed by atoms with van der Waals surface area (Å²) in [5.41, 5.74) is 4.03. The van der Waals surface area contributed by atoms with Gasteiger partial charge in [0.2, 0.25) is 0 Å². The highest BCUT2D eigenvalue weighted by Crippen LogP contribution is 2.29. The average molecular weight is 235 g/mol. The number of rotatable bonds is 1. The zero-order valence-corrected chi connectivity index (χ0v) is 8.97. The first-order chi connectivity index (χ1) is 6.31. The van der Waals surface area contributed by atoms with Gasteiger partial charge in [-0.05, 0) is 41.7 Å². The van der Waals surface area contributed by atoms with Gasteiger partial charge < -0.3 is 0 Å². The molecule has 0 amide bonds. The minimum Gasteiger partial charge on any atom is -0.0985 e. The summed E-state index contributed by atoms with van der Waals surface area (Å²) in [4.78, 5) is 0. The van der Waals surface area contributed by atoms with Gasteiger partial charge in [0.15, 0.2) is 0 Å². The minimum atomic E-state index is 1.13. The molecular weight excluding hydrogens is 224 g/mol. The molecular formula is C12H11Br. The fourth-order valence-electron chi connectivity index (χ4n) is 1.72. The first-order valence-corrected chi connectivity index (χ1v) is 5.22. The number of hydrogen-bond acceptors (Lipinski definition) is 0. The summed E-state index contributed by atoms with van der Waals surface area (Å²) < 4.78 is 1.14. The maximum absolute atomic E-state index is 3.83. The van der Waals surface area contributed by atoms with Crippen LogP contribution in [0.2, 0.25) is 0 Å². The van der Waals surface area contributed by atoms with Crippen LogP contribution in [0.4, 0.5) is 0 Å². The lowest BCUT2D eigenvalue weighted by molar-refractivity contribution is 0.978. The van der Waals surface area contributed by atoms with Crippen molar-refractivity contribution in [2.75, 3.05) is 0 Å². The molecule has 0 saturated heterocycles. The molecule has 2 rings (SSSR count). The van der Waals surface area contributed by atoms with E-state index in [2.05, 4.69) is 46.8 Å². The molecule has 1 aromatic rings. The van der Waals surface area contributed by atoms with Gasteiger partial charge in [-0.1, -0.05) is 40.7 Å². The molecule has 1 aliphatic rings. The first kappa shape index (κ1) is 8.76. The minimum absolute atomic E-state index is 1.13. The predicted molar refractivity (Wildman–Crippen MR) is 60.6 cm³/mol. The molecule has 0 aliphatic heterocycles. The van der Waals surface area contributed by atoms with E-state index in [0.29, 0.717) is 0 Å². The van der Waals surface area contributed by atoms with Gasteiger partial charge >= 0.3 is 0 Å². The van der Waals surface area contributed by atoms with E-state index in [1.807, 2.05) is 6.08 Å². The molecule has 1 heteroatoms. The molecule has 0 aromatic heterocycles. The fraction of sp³-hybridized carbons (Fsp3) is 0.167. The second kappa shape index (κ2) is 3.51. The highest BCUT2D eigenvalue weighted by Gasteiger charge is 2.09. The van der Waals surface area contributed by atoms with Gasteiger partial charge in [0, 0.05) is 4.47 Å². The second-order valence-electron chi connectivity index (χ2n) is 3.20. The number of aryl methyl sites for hydroxylation is 1. The topological polar surface area (TPSA) is 0 Å². The number of benzene rings is 1. The van der Waals surface area contributed by atoms with Gasteiger partial charge in [0.05, 0.1) is 0 Å². The van der Waals surface area contributed by atoms with Crippen molar-refractivity contribution in [3.05, 3.63) is 52.5 Å². The molecule has 1 aliphatic carbocycles. The zero-order valence-electron chi connectivity index (χ0n) is 7.39. The predicted octanol–water partition coefficient (Wildman–Crippen LogP) is 3.96. The SMILES string of the molecule is C=CC1=CCCc2ccc(Br)cc21. The van der Waals surface area contributed by atoms with Gasteiger partial charge in [-0.2, -0.15) is 0 Å². The summed E-state index contributed by atoms with van der Waals surface area (Å²) in [5, 5.41) is 0. The molecule has 66 valence electrons. The van der Waals surface area contributed by atoms with Gasteiger partial charge in [0.25, 0.3) is 0 Å².